The van der Waals surface area contributed by atoms with Gasteiger partial charge in [0.25, 0.3) is 0 Å². The van der Waals surface area contributed by atoms with Crippen molar-refractivity contribution in [1.82, 2.24) is 4.90 Å². The van der Waals surface area contributed by atoms with Gasteiger partial charge in [0.05, 0.1) is 24.6 Å². The number of ether oxygens (including phenoxy) is 2. The van der Waals surface area contributed by atoms with Crippen molar-refractivity contribution >= 4 is 17.8 Å². The van der Waals surface area contributed by atoms with E-state index in [0.29, 0.717) is 12.1 Å². The molecule has 0 unspecified atom stereocenters. The normalized spacial score (nSPS) is 25.5. The van der Waals surface area contributed by atoms with Crippen LogP contribution in [0.1, 0.15) is 37.6 Å². The van der Waals surface area contributed by atoms with Crippen molar-refractivity contribution in [3.8, 4) is 0 Å². The van der Waals surface area contributed by atoms with E-state index in [1.807, 2.05) is 26.8 Å². The Labute approximate surface area is 147 Å². The highest BCUT2D eigenvalue weighted by Crippen LogP contribution is 2.37. The van der Waals surface area contributed by atoms with Gasteiger partial charge in [-0.25, -0.2) is 4.79 Å². The van der Waals surface area contributed by atoms with Gasteiger partial charge in [-0.15, -0.1) is 0 Å². The Balaban J connectivity index is 1.73. The maximum absolute atomic E-state index is 12.7. The first-order valence-electron chi connectivity index (χ1n) is 8.50. The van der Waals surface area contributed by atoms with Gasteiger partial charge in [-0.2, -0.15) is 0 Å². The van der Waals surface area contributed by atoms with Crippen LogP contribution in [0.15, 0.2) is 30.3 Å². The minimum atomic E-state index is -0.551. The van der Waals surface area contributed by atoms with Crippen molar-refractivity contribution in [3.05, 3.63) is 35.9 Å². The van der Waals surface area contributed by atoms with E-state index in [1.54, 1.807) is 29.2 Å². The molecule has 0 bridgehead atoms. The average molecular weight is 345 g/mol. The molecule has 2 saturated heterocycles. The van der Waals surface area contributed by atoms with Crippen LogP contribution in [-0.2, 0) is 19.1 Å². The summed E-state index contributed by atoms with van der Waals surface area (Å²) in [6.07, 6.45) is -0.0502. The van der Waals surface area contributed by atoms with Crippen LogP contribution in [0.25, 0.3) is 0 Å². The highest BCUT2D eigenvalue weighted by molar-refractivity contribution is 5.89. The van der Waals surface area contributed by atoms with E-state index in [-0.39, 0.29) is 43.0 Å². The predicted octanol–water partition coefficient (Wildman–Crippen LogP) is 2.03. The van der Waals surface area contributed by atoms with Gasteiger partial charge >= 0.3 is 11.9 Å². The molecule has 3 atom stereocenters. The van der Waals surface area contributed by atoms with E-state index in [2.05, 4.69) is 0 Å². The van der Waals surface area contributed by atoms with Gasteiger partial charge in [0.15, 0.2) is 0 Å². The summed E-state index contributed by atoms with van der Waals surface area (Å²) >= 11 is 0. The molecule has 1 aromatic rings. The van der Waals surface area contributed by atoms with Gasteiger partial charge in [-0.1, -0.05) is 39.0 Å². The maximum Gasteiger partial charge on any atom is 0.338 e. The summed E-state index contributed by atoms with van der Waals surface area (Å²) < 4.78 is 10.8. The number of hydrogen-bond donors (Lipinski definition) is 0. The van der Waals surface area contributed by atoms with E-state index >= 15 is 0 Å². The molecule has 1 aromatic carbocycles. The molecule has 1 amide bonds. The molecule has 0 aromatic heterocycles. The Hall–Kier alpha value is -2.37. The maximum atomic E-state index is 12.7. The van der Waals surface area contributed by atoms with Gasteiger partial charge < -0.3 is 14.4 Å². The summed E-state index contributed by atoms with van der Waals surface area (Å²) in [6.45, 7) is 5.97. The second kappa shape index (κ2) is 6.50. The molecule has 0 saturated carbocycles. The highest BCUT2D eigenvalue weighted by atomic mass is 16.6. The molecule has 2 aliphatic heterocycles. The molecule has 6 nitrogen and oxygen atoms in total. The lowest BCUT2D eigenvalue weighted by Crippen LogP contribution is -2.46. The third-order valence-corrected chi connectivity index (χ3v) is 4.73. The van der Waals surface area contributed by atoms with Gasteiger partial charge in [0.1, 0.15) is 12.7 Å². The smallest absolute Gasteiger partial charge is 0.338 e. The van der Waals surface area contributed by atoms with Crippen LogP contribution in [0, 0.1) is 11.3 Å². The SMILES string of the molecule is CC(C)(C)C(=O)N1C[C@@H]2OC(=O)C[C@@H]2[C@H]1COC(=O)c1ccccc1. The summed E-state index contributed by atoms with van der Waals surface area (Å²) in [6, 6.07) is 8.38. The van der Waals surface area contributed by atoms with Crippen LogP contribution in [0.3, 0.4) is 0 Å². The minimum absolute atomic E-state index is 0.0290. The first kappa shape index (κ1) is 17.5. The Morgan fingerprint density at radius 1 is 1.24 bits per heavy atom. The lowest BCUT2D eigenvalue weighted by Gasteiger charge is -2.32. The summed E-state index contributed by atoms with van der Waals surface area (Å²) in [7, 11) is 0. The summed E-state index contributed by atoms with van der Waals surface area (Å²) in [5, 5.41) is 0. The molecule has 3 rings (SSSR count). The minimum Gasteiger partial charge on any atom is -0.460 e. The first-order chi connectivity index (χ1) is 11.8. The molecule has 2 aliphatic rings. The zero-order chi connectivity index (χ0) is 18.2. The van der Waals surface area contributed by atoms with Crippen molar-refractivity contribution in [1.29, 1.82) is 0 Å². The standard InChI is InChI=1S/C19H23NO5/c1-19(2,3)18(23)20-10-15-13(9-16(21)25-15)14(20)11-24-17(22)12-7-5-4-6-8-12/h4-8,13-15H,9-11H2,1-3H3/t13-,14-,15+/m1/s1. The third-order valence-electron chi connectivity index (χ3n) is 4.73. The number of fused-ring (bicyclic) bond motifs is 1. The van der Waals surface area contributed by atoms with Gasteiger partial charge in [0.2, 0.25) is 5.91 Å². The fourth-order valence-electron chi connectivity index (χ4n) is 3.44. The number of carbonyl (C=O) groups is 3. The molecule has 2 heterocycles. The molecular formula is C19H23NO5. The van der Waals surface area contributed by atoms with Gasteiger partial charge in [-0.05, 0) is 12.1 Å². The van der Waals surface area contributed by atoms with E-state index in [1.165, 1.54) is 0 Å². The van der Waals surface area contributed by atoms with E-state index in [9.17, 15) is 14.4 Å². The Morgan fingerprint density at radius 3 is 2.56 bits per heavy atom. The zero-order valence-electron chi connectivity index (χ0n) is 14.7. The molecule has 25 heavy (non-hydrogen) atoms. The number of hydrogen-bond acceptors (Lipinski definition) is 5. The zero-order valence-corrected chi connectivity index (χ0v) is 14.7. The van der Waals surface area contributed by atoms with Crippen LogP contribution in [0.2, 0.25) is 0 Å². The number of carbonyl (C=O) groups excluding carboxylic acids is 3. The predicted molar refractivity (Wildman–Crippen MR) is 89.7 cm³/mol. The Kier molecular flexibility index (Phi) is 4.54. The Bertz CT molecular complexity index is 679. The second-order valence-corrected chi connectivity index (χ2v) is 7.64. The molecule has 0 N–H and O–H groups in total. The van der Waals surface area contributed by atoms with E-state index in [0.717, 1.165) is 0 Å². The number of benzene rings is 1. The van der Waals surface area contributed by atoms with Gasteiger partial charge in [-0.3, -0.25) is 9.59 Å². The number of nitrogens with zero attached hydrogens (tertiary/aromatic N) is 1. The molecule has 0 aliphatic carbocycles. The summed E-state index contributed by atoms with van der Waals surface area (Å²) in [5.41, 5.74) is -0.0888. The number of amides is 1. The van der Waals surface area contributed by atoms with E-state index < -0.39 is 11.4 Å². The fourth-order valence-corrected chi connectivity index (χ4v) is 3.44. The van der Waals surface area contributed by atoms with E-state index in [4.69, 9.17) is 9.47 Å². The van der Waals surface area contributed by atoms with Crippen molar-refractivity contribution < 1.29 is 23.9 Å². The van der Waals surface area contributed by atoms with Crippen molar-refractivity contribution in [2.24, 2.45) is 11.3 Å². The first-order valence-corrected chi connectivity index (χ1v) is 8.50. The lowest BCUT2D eigenvalue weighted by molar-refractivity contribution is -0.147. The molecule has 2 fully saturated rings. The Morgan fingerprint density at radius 2 is 1.92 bits per heavy atom. The molecule has 6 heteroatoms. The molecule has 0 radical (unpaired) electrons. The average Bonchev–Trinajstić information content (AvgIpc) is 3.08. The van der Waals surface area contributed by atoms with Crippen LogP contribution in [0.5, 0.6) is 0 Å². The number of likely N-dealkylation sites (tertiary alicyclic amines) is 1. The number of rotatable bonds is 3. The second-order valence-electron chi connectivity index (χ2n) is 7.64. The monoisotopic (exact) mass is 345 g/mol. The van der Waals surface area contributed by atoms with Crippen molar-refractivity contribution in [2.75, 3.05) is 13.2 Å². The molecule has 0 spiro atoms. The van der Waals surface area contributed by atoms with Crippen LogP contribution >= 0.6 is 0 Å². The quantitative estimate of drug-likeness (QED) is 0.784. The summed E-state index contributed by atoms with van der Waals surface area (Å²) in [4.78, 5) is 38.3. The molecule has 134 valence electrons. The molecular weight excluding hydrogens is 322 g/mol. The van der Waals surface area contributed by atoms with Crippen LogP contribution < -0.4 is 0 Å². The highest BCUT2D eigenvalue weighted by Gasteiger charge is 2.52. The van der Waals surface area contributed by atoms with Crippen molar-refractivity contribution in [2.45, 2.75) is 39.3 Å². The van der Waals surface area contributed by atoms with Crippen LogP contribution in [0.4, 0.5) is 0 Å². The largest absolute Gasteiger partial charge is 0.460 e. The fraction of sp³-hybridized carbons (Fsp3) is 0.526. The third kappa shape index (κ3) is 3.52. The topological polar surface area (TPSA) is 72.9 Å². The lowest BCUT2D eigenvalue weighted by atomic mass is 9.93. The number of esters is 2. The van der Waals surface area contributed by atoms with Gasteiger partial charge in [0, 0.05) is 11.3 Å². The summed E-state index contributed by atoms with van der Waals surface area (Å²) in [5.74, 6) is -0.837. The van der Waals surface area contributed by atoms with Crippen molar-refractivity contribution in [3.63, 3.8) is 0 Å². The van der Waals surface area contributed by atoms with Crippen LogP contribution in [-0.4, -0.2) is 48.0 Å².